The van der Waals surface area contributed by atoms with Gasteiger partial charge in [-0.05, 0) is 38.1 Å². The van der Waals surface area contributed by atoms with E-state index in [1.165, 1.54) is 43.5 Å². The van der Waals surface area contributed by atoms with Gasteiger partial charge in [0.25, 0.3) is 10.0 Å². The van der Waals surface area contributed by atoms with Crippen molar-refractivity contribution in [1.29, 1.82) is 0 Å². The van der Waals surface area contributed by atoms with E-state index in [1.807, 2.05) is 0 Å². The van der Waals surface area contributed by atoms with Gasteiger partial charge in [-0.2, -0.15) is 13.2 Å². The van der Waals surface area contributed by atoms with Crippen molar-refractivity contribution in [2.75, 3.05) is 9.62 Å². The van der Waals surface area contributed by atoms with Crippen molar-refractivity contribution in [1.82, 2.24) is 4.98 Å². The molecule has 2 atom stereocenters. The Bertz CT molecular complexity index is 1100. The predicted octanol–water partition coefficient (Wildman–Crippen LogP) is 3.36. The SMILES string of the molecule is CC(=O)c1cccc(S(=O)(=O)Nc2cccnc2N2C(=O)OC(C(F)(F)F)C2C)c1. The van der Waals surface area contributed by atoms with Gasteiger partial charge < -0.3 is 4.74 Å². The third kappa shape index (κ3) is 4.08. The number of hydrogen-bond acceptors (Lipinski definition) is 6. The van der Waals surface area contributed by atoms with Crippen LogP contribution in [0.5, 0.6) is 0 Å². The highest BCUT2D eigenvalue weighted by atomic mass is 32.2. The zero-order valence-electron chi connectivity index (χ0n) is 15.7. The number of rotatable bonds is 5. The zero-order valence-corrected chi connectivity index (χ0v) is 16.5. The molecular formula is C18H16F3N3O5S. The summed E-state index contributed by atoms with van der Waals surface area (Å²) in [5.41, 5.74) is -0.0635. The number of aromatic nitrogens is 1. The van der Waals surface area contributed by atoms with E-state index in [0.717, 1.165) is 13.0 Å². The van der Waals surface area contributed by atoms with Crippen molar-refractivity contribution in [3.8, 4) is 0 Å². The number of cyclic esters (lactones) is 1. The molecule has 2 aromatic rings. The summed E-state index contributed by atoms with van der Waals surface area (Å²) in [5.74, 6) is -0.686. The second-order valence-corrected chi connectivity index (χ2v) is 8.20. The average Bonchev–Trinajstić information content (AvgIpc) is 2.96. The second kappa shape index (κ2) is 7.59. The van der Waals surface area contributed by atoms with Crippen LogP contribution in [-0.2, 0) is 14.8 Å². The molecule has 2 heterocycles. The van der Waals surface area contributed by atoms with Crippen LogP contribution < -0.4 is 9.62 Å². The molecule has 8 nitrogen and oxygen atoms in total. The lowest BCUT2D eigenvalue weighted by molar-refractivity contribution is -0.198. The van der Waals surface area contributed by atoms with Gasteiger partial charge in [0, 0.05) is 11.8 Å². The van der Waals surface area contributed by atoms with Crippen LogP contribution >= 0.6 is 0 Å². The van der Waals surface area contributed by atoms with E-state index < -0.39 is 34.4 Å². The number of alkyl halides is 3. The summed E-state index contributed by atoms with van der Waals surface area (Å²) in [5, 5.41) is 0. The van der Waals surface area contributed by atoms with Crippen LogP contribution in [0.2, 0.25) is 0 Å². The summed E-state index contributed by atoms with van der Waals surface area (Å²) in [6.07, 6.45) is -7.29. The number of carbonyl (C=O) groups is 2. The van der Waals surface area contributed by atoms with Crippen molar-refractivity contribution in [3.05, 3.63) is 48.2 Å². The van der Waals surface area contributed by atoms with E-state index in [9.17, 15) is 31.2 Å². The second-order valence-electron chi connectivity index (χ2n) is 6.52. The normalized spacial score (nSPS) is 19.5. The minimum atomic E-state index is -4.80. The molecule has 1 fully saturated rings. The molecule has 1 aliphatic rings. The number of ether oxygens (including phenoxy) is 1. The molecule has 0 bridgehead atoms. The van der Waals surface area contributed by atoms with E-state index in [0.29, 0.717) is 4.90 Å². The third-order valence-corrected chi connectivity index (χ3v) is 5.77. The Morgan fingerprint density at radius 1 is 1.23 bits per heavy atom. The number of pyridine rings is 1. The molecule has 12 heteroatoms. The van der Waals surface area contributed by atoms with Crippen molar-refractivity contribution in [2.24, 2.45) is 0 Å². The first-order chi connectivity index (χ1) is 13.9. The molecule has 3 rings (SSSR count). The maximum Gasteiger partial charge on any atom is 0.427 e. The number of nitrogens with zero attached hydrogens (tertiary/aromatic N) is 2. The number of ketones is 1. The molecule has 1 aliphatic heterocycles. The first-order valence-electron chi connectivity index (χ1n) is 8.57. The molecular weight excluding hydrogens is 427 g/mol. The number of nitrogens with one attached hydrogen (secondary N) is 1. The molecule has 0 aliphatic carbocycles. The van der Waals surface area contributed by atoms with Crippen LogP contribution in [-0.4, -0.2) is 43.6 Å². The predicted molar refractivity (Wildman–Crippen MR) is 99.8 cm³/mol. The van der Waals surface area contributed by atoms with Crippen molar-refractivity contribution in [3.63, 3.8) is 0 Å². The Labute approximate surface area is 169 Å². The smallest absolute Gasteiger partial charge is 0.427 e. The van der Waals surface area contributed by atoms with Crippen LogP contribution in [0, 0.1) is 0 Å². The minimum Gasteiger partial charge on any atom is -0.434 e. The van der Waals surface area contributed by atoms with Crippen LogP contribution in [0.4, 0.5) is 29.5 Å². The molecule has 1 aromatic heterocycles. The topological polar surface area (TPSA) is 106 Å². The number of anilines is 2. The average molecular weight is 443 g/mol. The van der Waals surface area contributed by atoms with Gasteiger partial charge in [0.2, 0.25) is 6.10 Å². The Morgan fingerprint density at radius 3 is 2.53 bits per heavy atom. The lowest BCUT2D eigenvalue weighted by Crippen LogP contribution is -2.41. The summed E-state index contributed by atoms with van der Waals surface area (Å²) >= 11 is 0. The molecule has 1 N–H and O–H groups in total. The van der Waals surface area contributed by atoms with Gasteiger partial charge >= 0.3 is 12.3 Å². The largest absolute Gasteiger partial charge is 0.434 e. The number of benzene rings is 1. The van der Waals surface area contributed by atoms with Crippen LogP contribution in [0.25, 0.3) is 0 Å². The van der Waals surface area contributed by atoms with Crippen molar-refractivity contribution in [2.45, 2.75) is 37.1 Å². The molecule has 30 heavy (non-hydrogen) atoms. The maximum atomic E-state index is 13.1. The standard InChI is InChI=1S/C18H16F3N3O5S/c1-10-15(18(19,20)21)29-17(26)24(10)16-14(7-4-8-22-16)23-30(27,28)13-6-3-5-12(9-13)11(2)25/h3-10,15,23H,1-2H3. The maximum absolute atomic E-state index is 13.1. The van der Waals surface area contributed by atoms with Crippen LogP contribution in [0.15, 0.2) is 47.5 Å². The molecule has 1 amide bonds. The molecule has 1 aromatic carbocycles. The van der Waals surface area contributed by atoms with Crippen molar-refractivity contribution >= 4 is 33.4 Å². The quantitative estimate of drug-likeness (QED) is 0.711. The van der Waals surface area contributed by atoms with E-state index in [4.69, 9.17) is 0 Å². The number of amides is 1. The first kappa shape index (κ1) is 21.6. The number of halogens is 3. The zero-order chi connectivity index (χ0) is 22.3. The van der Waals surface area contributed by atoms with Gasteiger partial charge in [-0.25, -0.2) is 18.2 Å². The van der Waals surface area contributed by atoms with E-state index in [1.54, 1.807) is 0 Å². The Balaban J connectivity index is 1.98. The highest BCUT2D eigenvalue weighted by Crippen LogP contribution is 2.37. The molecule has 0 radical (unpaired) electrons. The summed E-state index contributed by atoms with van der Waals surface area (Å²) < 4.78 is 71.5. The molecule has 0 spiro atoms. The number of Topliss-reactive ketones (excluding diaryl/α,β-unsaturated/α-hetero) is 1. The van der Waals surface area contributed by atoms with E-state index in [-0.39, 0.29) is 27.7 Å². The molecule has 2 unspecified atom stereocenters. The Morgan fingerprint density at radius 2 is 1.93 bits per heavy atom. The van der Waals surface area contributed by atoms with Gasteiger partial charge in [0.05, 0.1) is 16.6 Å². The minimum absolute atomic E-state index is 0.161. The summed E-state index contributed by atoms with van der Waals surface area (Å²) in [4.78, 5) is 27.9. The highest BCUT2D eigenvalue weighted by Gasteiger charge is 2.55. The first-order valence-corrected chi connectivity index (χ1v) is 10.1. The van der Waals surface area contributed by atoms with E-state index in [2.05, 4.69) is 14.4 Å². The third-order valence-electron chi connectivity index (χ3n) is 4.40. The monoisotopic (exact) mass is 443 g/mol. The summed E-state index contributed by atoms with van der Waals surface area (Å²) in [7, 11) is -4.24. The fourth-order valence-corrected chi connectivity index (χ4v) is 4.05. The van der Waals surface area contributed by atoms with Gasteiger partial charge in [0.1, 0.15) is 0 Å². The highest BCUT2D eigenvalue weighted by molar-refractivity contribution is 7.92. The van der Waals surface area contributed by atoms with Gasteiger partial charge in [-0.1, -0.05) is 12.1 Å². The summed E-state index contributed by atoms with van der Waals surface area (Å²) in [6, 6.07) is 6.34. The van der Waals surface area contributed by atoms with Gasteiger partial charge in [-0.3, -0.25) is 14.4 Å². The summed E-state index contributed by atoms with van der Waals surface area (Å²) in [6.45, 7) is 2.39. The van der Waals surface area contributed by atoms with E-state index >= 15 is 0 Å². The lowest BCUT2D eigenvalue weighted by atomic mass is 10.1. The number of sulfonamides is 1. The number of carbonyl (C=O) groups excluding carboxylic acids is 2. The number of hydrogen-bond donors (Lipinski definition) is 1. The Kier molecular flexibility index (Phi) is 5.46. The van der Waals surface area contributed by atoms with Crippen molar-refractivity contribution < 1.29 is 35.9 Å². The van der Waals surface area contributed by atoms with Crippen LogP contribution in [0.1, 0.15) is 24.2 Å². The van der Waals surface area contributed by atoms with Gasteiger partial charge in [0.15, 0.2) is 11.6 Å². The van der Waals surface area contributed by atoms with Gasteiger partial charge in [-0.15, -0.1) is 0 Å². The molecule has 160 valence electrons. The van der Waals surface area contributed by atoms with Crippen LogP contribution in [0.3, 0.4) is 0 Å². The fourth-order valence-electron chi connectivity index (χ4n) is 2.94. The lowest BCUT2D eigenvalue weighted by Gasteiger charge is -2.23. The molecule has 1 saturated heterocycles. The fraction of sp³-hybridized carbons (Fsp3) is 0.278. The molecule has 0 saturated carbocycles. The Hall–Kier alpha value is -3.15.